The molecular formula is C12H10F4N2O. The zero-order chi connectivity index (χ0) is 14.2. The fourth-order valence-corrected chi connectivity index (χ4v) is 1.74. The number of alkyl halides is 3. The average molecular weight is 274 g/mol. The highest BCUT2D eigenvalue weighted by Crippen LogP contribution is 2.35. The number of aromatic nitrogens is 1. The summed E-state index contributed by atoms with van der Waals surface area (Å²) >= 11 is 0. The Morgan fingerprint density at radius 1 is 1.21 bits per heavy atom. The minimum atomic E-state index is -4.59. The Morgan fingerprint density at radius 3 is 2.42 bits per heavy atom. The second-order valence-electron chi connectivity index (χ2n) is 3.81. The third kappa shape index (κ3) is 2.40. The third-order valence-corrected chi connectivity index (χ3v) is 2.64. The number of methoxy groups -OCH3 is 1. The van der Waals surface area contributed by atoms with Crippen LogP contribution in [0, 0.1) is 5.82 Å². The summed E-state index contributed by atoms with van der Waals surface area (Å²) in [4.78, 5) is 3.43. The highest BCUT2D eigenvalue weighted by Gasteiger charge is 2.33. The molecule has 0 unspecified atom stereocenters. The molecule has 0 saturated heterocycles. The molecule has 0 aliphatic carbocycles. The number of hydrogen-bond acceptors (Lipinski definition) is 3. The van der Waals surface area contributed by atoms with E-state index in [-0.39, 0.29) is 17.0 Å². The van der Waals surface area contributed by atoms with Crippen molar-refractivity contribution in [2.45, 2.75) is 6.18 Å². The minimum Gasteiger partial charge on any atom is -0.494 e. The van der Waals surface area contributed by atoms with Crippen LogP contribution in [0.25, 0.3) is 10.9 Å². The lowest BCUT2D eigenvalue weighted by Gasteiger charge is -2.12. The van der Waals surface area contributed by atoms with Gasteiger partial charge < -0.3 is 10.1 Å². The molecule has 1 N–H and O–H groups in total. The fourth-order valence-electron chi connectivity index (χ4n) is 1.74. The van der Waals surface area contributed by atoms with Crippen molar-refractivity contribution in [2.24, 2.45) is 0 Å². The monoisotopic (exact) mass is 274 g/mol. The van der Waals surface area contributed by atoms with Gasteiger partial charge >= 0.3 is 6.18 Å². The lowest BCUT2D eigenvalue weighted by atomic mass is 10.1. The van der Waals surface area contributed by atoms with Crippen LogP contribution >= 0.6 is 0 Å². The number of nitrogens with zero attached hydrogens (tertiary/aromatic N) is 1. The molecule has 19 heavy (non-hydrogen) atoms. The molecule has 0 aliphatic heterocycles. The number of fused-ring (bicyclic) bond motifs is 1. The van der Waals surface area contributed by atoms with Gasteiger partial charge in [-0.1, -0.05) is 0 Å². The normalized spacial score (nSPS) is 11.7. The number of ether oxygens (including phenoxy) is 1. The summed E-state index contributed by atoms with van der Waals surface area (Å²) in [6, 6.07) is 3.10. The molecule has 2 aromatic rings. The van der Waals surface area contributed by atoms with E-state index in [1.54, 1.807) is 0 Å². The van der Waals surface area contributed by atoms with E-state index in [0.29, 0.717) is 5.39 Å². The molecule has 0 amide bonds. The Labute approximate surface area is 106 Å². The van der Waals surface area contributed by atoms with Crippen LogP contribution in [0.2, 0.25) is 0 Å². The van der Waals surface area contributed by atoms with Crippen molar-refractivity contribution in [2.75, 3.05) is 19.5 Å². The van der Waals surface area contributed by atoms with Crippen molar-refractivity contribution in [3.05, 3.63) is 29.7 Å². The van der Waals surface area contributed by atoms with Gasteiger partial charge in [-0.2, -0.15) is 13.2 Å². The number of anilines is 1. The molecule has 7 heteroatoms. The number of benzene rings is 1. The van der Waals surface area contributed by atoms with Crippen LogP contribution in [0.5, 0.6) is 5.75 Å². The van der Waals surface area contributed by atoms with Gasteiger partial charge in [-0.15, -0.1) is 0 Å². The summed E-state index contributed by atoms with van der Waals surface area (Å²) in [6.07, 6.45) is -4.59. The predicted molar refractivity (Wildman–Crippen MR) is 62.8 cm³/mol. The minimum absolute atomic E-state index is 0.0504. The van der Waals surface area contributed by atoms with Crippen LogP contribution in [-0.2, 0) is 6.18 Å². The Balaban J connectivity index is 2.77. The van der Waals surface area contributed by atoms with Gasteiger partial charge in [-0.3, -0.25) is 0 Å². The van der Waals surface area contributed by atoms with E-state index in [1.165, 1.54) is 20.2 Å². The SMILES string of the molecule is CNc1cc(C(F)(F)F)nc2cc(F)c(OC)cc12. The van der Waals surface area contributed by atoms with Gasteiger partial charge in [0, 0.05) is 24.2 Å². The van der Waals surface area contributed by atoms with E-state index in [9.17, 15) is 17.6 Å². The Morgan fingerprint density at radius 2 is 1.89 bits per heavy atom. The number of rotatable bonds is 2. The van der Waals surface area contributed by atoms with E-state index >= 15 is 0 Å². The van der Waals surface area contributed by atoms with Gasteiger partial charge in [0.25, 0.3) is 0 Å². The second kappa shape index (κ2) is 4.56. The molecule has 0 radical (unpaired) electrons. The standard InChI is InChI=1S/C12H10F4N2O/c1-17-8-5-11(12(14,15)16)18-9-4-7(13)10(19-2)3-6(8)9/h3-5H,1-2H3,(H,17,18). The second-order valence-corrected chi connectivity index (χ2v) is 3.81. The largest absolute Gasteiger partial charge is 0.494 e. The number of halogens is 4. The molecular weight excluding hydrogens is 264 g/mol. The van der Waals surface area contributed by atoms with Gasteiger partial charge in [-0.05, 0) is 12.1 Å². The van der Waals surface area contributed by atoms with Crippen LogP contribution in [0.3, 0.4) is 0 Å². The average Bonchev–Trinajstić information content (AvgIpc) is 2.35. The molecule has 0 atom stereocenters. The van der Waals surface area contributed by atoms with E-state index < -0.39 is 17.7 Å². The van der Waals surface area contributed by atoms with Crippen LogP contribution in [-0.4, -0.2) is 19.1 Å². The van der Waals surface area contributed by atoms with Crippen LogP contribution < -0.4 is 10.1 Å². The van der Waals surface area contributed by atoms with Gasteiger partial charge in [0.1, 0.15) is 5.69 Å². The molecule has 1 aromatic heterocycles. The molecule has 2 rings (SSSR count). The lowest BCUT2D eigenvalue weighted by Crippen LogP contribution is -2.09. The number of hydrogen-bond donors (Lipinski definition) is 1. The van der Waals surface area contributed by atoms with Crippen molar-refractivity contribution >= 4 is 16.6 Å². The Bertz CT molecular complexity index is 625. The van der Waals surface area contributed by atoms with Crippen molar-refractivity contribution < 1.29 is 22.3 Å². The molecule has 0 spiro atoms. The molecule has 102 valence electrons. The highest BCUT2D eigenvalue weighted by atomic mass is 19.4. The summed E-state index contributed by atoms with van der Waals surface area (Å²) in [5.74, 6) is -0.811. The third-order valence-electron chi connectivity index (χ3n) is 2.64. The van der Waals surface area contributed by atoms with Crippen molar-refractivity contribution in [1.29, 1.82) is 0 Å². The van der Waals surface area contributed by atoms with Gasteiger partial charge in [0.05, 0.1) is 12.6 Å². The summed E-state index contributed by atoms with van der Waals surface area (Å²) < 4.78 is 56.3. The van der Waals surface area contributed by atoms with Gasteiger partial charge in [0.15, 0.2) is 11.6 Å². The Kier molecular flexibility index (Phi) is 3.21. The smallest absolute Gasteiger partial charge is 0.433 e. The molecule has 3 nitrogen and oxygen atoms in total. The first-order valence-electron chi connectivity index (χ1n) is 5.30. The van der Waals surface area contributed by atoms with Crippen LogP contribution in [0.15, 0.2) is 18.2 Å². The van der Waals surface area contributed by atoms with Gasteiger partial charge in [0.2, 0.25) is 0 Å². The molecule has 0 fully saturated rings. The van der Waals surface area contributed by atoms with Crippen molar-refractivity contribution in [3.8, 4) is 5.75 Å². The molecule has 0 bridgehead atoms. The summed E-state index contributed by atoms with van der Waals surface area (Å²) in [7, 11) is 2.76. The van der Waals surface area contributed by atoms with E-state index in [0.717, 1.165) is 12.1 Å². The topological polar surface area (TPSA) is 34.2 Å². The summed E-state index contributed by atoms with van der Waals surface area (Å²) in [5.41, 5.74) is -0.956. The van der Waals surface area contributed by atoms with E-state index in [1.807, 2.05) is 0 Å². The highest BCUT2D eigenvalue weighted by molar-refractivity contribution is 5.92. The molecule has 1 aromatic carbocycles. The van der Waals surface area contributed by atoms with Crippen LogP contribution in [0.4, 0.5) is 23.2 Å². The first-order valence-corrected chi connectivity index (χ1v) is 5.30. The maximum Gasteiger partial charge on any atom is 0.433 e. The van der Waals surface area contributed by atoms with Crippen molar-refractivity contribution in [1.82, 2.24) is 4.98 Å². The summed E-state index contributed by atoms with van der Waals surface area (Å²) in [6.45, 7) is 0. The maximum atomic E-state index is 13.5. The number of nitrogens with one attached hydrogen (secondary N) is 1. The first-order chi connectivity index (χ1) is 8.86. The van der Waals surface area contributed by atoms with E-state index in [2.05, 4.69) is 10.3 Å². The first kappa shape index (κ1) is 13.4. The zero-order valence-corrected chi connectivity index (χ0v) is 10.1. The van der Waals surface area contributed by atoms with Gasteiger partial charge in [-0.25, -0.2) is 9.37 Å². The number of pyridine rings is 1. The Hall–Kier alpha value is -2.05. The summed E-state index contributed by atoms with van der Waals surface area (Å²) in [5, 5.41) is 2.99. The fraction of sp³-hybridized carbons (Fsp3) is 0.250. The van der Waals surface area contributed by atoms with Crippen LogP contribution in [0.1, 0.15) is 5.69 Å². The lowest BCUT2D eigenvalue weighted by molar-refractivity contribution is -0.140. The predicted octanol–water partition coefficient (Wildman–Crippen LogP) is 3.44. The van der Waals surface area contributed by atoms with E-state index in [4.69, 9.17) is 4.74 Å². The molecule has 0 aliphatic rings. The zero-order valence-electron chi connectivity index (χ0n) is 10.1. The quantitative estimate of drug-likeness (QED) is 0.852. The molecule has 1 heterocycles. The maximum absolute atomic E-state index is 13.5. The molecule has 0 saturated carbocycles. The van der Waals surface area contributed by atoms with Crippen molar-refractivity contribution in [3.63, 3.8) is 0 Å².